The number of nitrogens with zero attached hydrogens (tertiary/aromatic N) is 1. The van der Waals surface area contributed by atoms with Crippen molar-refractivity contribution in [2.24, 2.45) is 10.8 Å². The summed E-state index contributed by atoms with van der Waals surface area (Å²) >= 11 is 0. The van der Waals surface area contributed by atoms with Crippen molar-refractivity contribution in [2.75, 3.05) is 6.54 Å². The van der Waals surface area contributed by atoms with Gasteiger partial charge in [-0.15, -0.1) is 0 Å². The zero-order chi connectivity index (χ0) is 20.4. The lowest BCUT2D eigenvalue weighted by atomic mass is 9.65. The highest BCUT2D eigenvalue weighted by Crippen LogP contribution is 2.52. The normalized spacial score (nSPS) is 26.0. The van der Waals surface area contributed by atoms with E-state index in [2.05, 4.69) is 20.8 Å². The predicted molar refractivity (Wildman–Crippen MR) is 105 cm³/mol. The number of phenols is 2. The third kappa shape index (κ3) is 2.95. The van der Waals surface area contributed by atoms with E-state index >= 15 is 0 Å². The molecule has 0 spiro atoms. The lowest BCUT2D eigenvalue weighted by Gasteiger charge is -2.39. The molecule has 4 rings (SSSR count). The lowest BCUT2D eigenvalue weighted by molar-refractivity contribution is -0.131. The van der Waals surface area contributed by atoms with Crippen LogP contribution in [0.2, 0.25) is 0 Å². The molecule has 1 amide bonds. The minimum Gasteiger partial charge on any atom is -0.504 e. The molecule has 1 saturated heterocycles. The SMILES string of the molecule is Cc1c(CC(=O)N2C[C@@]3(C)C[C@@H]2CC(C)(C)C3)c(=O)oc2c(O)c(O)ccc12. The molecule has 1 aliphatic carbocycles. The topological polar surface area (TPSA) is 91.0 Å². The fourth-order valence-corrected chi connectivity index (χ4v) is 5.64. The molecule has 0 radical (unpaired) electrons. The summed E-state index contributed by atoms with van der Waals surface area (Å²) in [7, 11) is 0. The van der Waals surface area contributed by atoms with Crippen LogP contribution < -0.4 is 5.63 Å². The van der Waals surface area contributed by atoms with Crippen LogP contribution in [0.3, 0.4) is 0 Å². The maximum atomic E-state index is 13.1. The maximum Gasteiger partial charge on any atom is 0.340 e. The molecule has 1 saturated carbocycles. The standard InChI is InChI=1S/C22H27NO5/c1-12-14-5-6-16(24)18(26)19(14)28-20(27)15(12)7-17(25)23-11-22(4)9-13(23)8-21(2,3)10-22/h5-6,13,24,26H,7-11H2,1-4H3/t13-,22-/m0/s1. The summed E-state index contributed by atoms with van der Waals surface area (Å²) in [5.74, 6) is -0.859. The van der Waals surface area contributed by atoms with E-state index in [1.165, 1.54) is 6.07 Å². The molecule has 2 bridgehead atoms. The van der Waals surface area contributed by atoms with Crippen molar-refractivity contribution in [1.82, 2.24) is 4.90 Å². The van der Waals surface area contributed by atoms with Crippen LogP contribution >= 0.6 is 0 Å². The first kappa shape index (κ1) is 18.8. The van der Waals surface area contributed by atoms with Crippen LogP contribution in [0.15, 0.2) is 21.3 Å². The summed E-state index contributed by atoms with van der Waals surface area (Å²) in [6, 6.07) is 3.15. The number of amides is 1. The van der Waals surface area contributed by atoms with Crippen molar-refractivity contribution in [3.63, 3.8) is 0 Å². The second-order valence-electron chi connectivity index (χ2n) is 9.72. The average Bonchev–Trinajstić information content (AvgIpc) is 2.84. The Labute approximate surface area is 163 Å². The van der Waals surface area contributed by atoms with Crippen LogP contribution in [-0.2, 0) is 11.2 Å². The minimum absolute atomic E-state index is 0.0151. The first-order valence-electron chi connectivity index (χ1n) is 9.76. The van der Waals surface area contributed by atoms with E-state index < -0.39 is 11.4 Å². The van der Waals surface area contributed by atoms with Gasteiger partial charge in [-0.3, -0.25) is 4.79 Å². The number of benzene rings is 1. The third-order valence-electron chi connectivity index (χ3n) is 6.47. The highest BCUT2D eigenvalue weighted by molar-refractivity contribution is 5.89. The number of fused-ring (bicyclic) bond motifs is 3. The summed E-state index contributed by atoms with van der Waals surface area (Å²) in [5, 5.41) is 20.1. The number of rotatable bonds is 2. The van der Waals surface area contributed by atoms with E-state index in [-0.39, 0.29) is 40.5 Å². The Morgan fingerprint density at radius 2 is 1.96 bits per heavy atom. The molecule has 2 atom stereocenters. The van der Waals surface area contributed by atoms with E-state index in [9.17, 15) is 19.8 Å². The van der Waals surface area contributed by atoms with Gasteiger partial charge in [-0.2, -0.15) is 0 Å². The van der Waals surface area contributed by atoms with Crippen molar-refractivity contribution in [1.29, 1.82) is 0 Å². The molecular formula is C22H27NO5. The van der Waals surface area contributed by atoms with Crippen LogP contribution in [-0.4, -0.2) is 33.6 Å². The molecule has 0 unspecified atom stereocenters. The van der Waals surface area contributed by atoms with E-state index in [0.29, 0.717) is 16.5 Å². The number of phenolic OH excluding ortho intramolecular Hbond substituents is 2. The second kappa shape index (κ2) is 6.00. The lowest BCUT2D eigenvalue weighted by Crippen LogP contribution is -2.39. The first-order chi connectivity index (χ1) is 13.0. The number of carbonyl (C=O) groups is 1. The molecule has 2 aliphatic rings. The Hall–Kier alpha value is -2.50. The van der Waals surface area contributed by atoms with Gasteiger partial charge in [0.25, 0.3) is 0 Å². The Balaban J connectivity index is 1.67. The number of hydrogen-bond acceptors (Lipinski definition) is 5. The number of likely N-dealkylation sites (tertiary alicyclic amines) is 1. The molecule has 2 fully saturated rings. The molecule has 1 aromatic carbocycles. The van der Waals surface area contributed by atoms with Crippen molar-refractivity contribution in [3.05, 3.63) is 33.7 Å². The fraction of sp³-hybridized carbons (Fsp3) is 0.545. The van der Waals surface area contributed by atoms with Gasteiger partial charge < -0.3 is 19.5 Å². The summed E-state index contributed by atoms with van der Waals surface area (Å²) in [6.07, 6.45) is 3.08. The maximum absolute atomic E-state index is 13.1. The van der Waals surface area contributed by atoms with Gasteiger partial charge in [-0.05, 0) is 54.7 Å². The van der Waals surface area contributed by atoms with Crippen LogP contribution in [0.1, 0.15) is 51.2 Å². The van der Waals surface area contributed by atoms with Gasteiger partial charge in [0.05, 0.1) is 12.0 Å². The Morgan fingerprint density at radius 3 is 2.68 bits per heavy atom. The first-order valence-corrected chi connectivity index (χ1v) is 9.76. The number of carbonyl (C=O) groups excluding carboxylic acids is 1. The molecule has 150 valence electrons. The van der Waals surface area contributed by atoms with Crippen molar-refractivity contribution in [3.8, 4) is 11.5 Å². The average molecular weight is 385 g/mol. The monoisotopic (exact) mass is 385 g/mol. The summed E-state index contributed by atoms with van der Waals surface area (Å²) in [5.41, 5.74) is 0.563. The van der Waals surface area contributed by atoms with Crippen molar-refractivity contribution in [2.45, 2.75) is 59.4 Å². The molecule has 1 aromatic heterocycles. The summed E-state index contributed by atoms with van der Waals surface area (Å²) in [6.45, 7) is 9.24. The molecule has 6 nitrogen and oxygen atoms in total. The van der Waals surface area contributed by atoms with Gasteiger partial charge in [0.15, 0.2) is 11.3 Å². The smallest absolute Gasteiger partial charge is 0.340 e. The Bertz CT molecular complexity index is 1040. The van der Waals surface area contributed by atoms with Gasteiger partial charge >= 0.3 is 5.63 Å². The van der Waals surface area contributed by atoms with Gasteiger partial charge in [-0.25, -0.2) is 4.79 Å². The van der Waals surface area contributed by atoms with Crippen LogP contribution in [0.25, 0.3) is 11.0 Å². The van der Waals surface area contributed by atoms with Gasteiger partial charge in [0.2, 0.25) is 11.7 Å². The van der Waals surface area contributed by atoms with Crippen molar-refractivity contribution < 1.29 is 19.4 Å². The minimum atomic E-state index is -0.645. The van der Waals surface area contributed by atoms with Crippen LogP contribution in [0, 0.1) is 17.8 Å². The van der Waals surface area contributed by atoms with E-state index in [4.69, 9.17) is 4.42 Å². The largest absolute Gasteiger partial charge is 0.504 e. The number of hydrogen-bond donors (Lipinski definition) is 2. The summed E-state index contributed by atoms with van der Waals surface area (Å²) < 4.78 is 5.25. The number of aryl methyl sites for hydroxylation is 1. The van der Waals surface area contributed by atoms with Gasteiger partial charge in [0, 0.05) is 18.0 Å². The molecule has 28 heavy (non-hydrogen) atoms. The number of aromatic hydroxyl groups is 2. The predicted octanol–water partition coefficient (Wildman–Crippen LogP) is 3.48. The molecular weight excluding hydrogens is 358 g/mol. The Morgan fingerprint density at radius 1 is 1.25 bits per heavy atom. The Kier molecular flexibility index (Phi) is 4.04. The highest BCUT2D eigenvalue weighted by Gasteiger charge is 2.50. The molecule has 6 heteroatoms. The second-order valence-corrected chi connectivity index (χ2v) is 9.72. The third-order valence-corrected chi connectivity index (χ3v) is 6.47. The molecule has 2 heterocycles. The van der Waals surface area contributed by atoms with Gasteiger partial charge in [-0.1, -0.05) is 20.8 Å². The highest BCUT2D eigenvalue weighted by atomic mass is 16.4. The van der Waals surface area contributed by atoms with E-state index in [0.717, 1.165) is 25.8 Å². The van der Waals surface area contributed by atoms with Crippen LogP contribution in [0.4, 0.5) is 0 Å². The zero-order valence-corrected chi connectivity index (χ0v) is 16.8. The quantitative estimate of drug-likeness (QED) is 0.610. The fourth-order valence-electron chi connectivity index (χ4n) is 5.64. The summed E-state index contributed by atoms with van der Waals surface area (Å²) in [4.78, 5) is 27.6. The molecule has 2 aromatic rings. The van der Waals surface area contributed by atoms with Crippen molar-refractivity contribution >= 4 is 16.9 Å². The molecule has 2 N–H and O–H groups in total. The van der Waals surface area contributed by atoms with E-state index in [1.54, 1.807) is 13.0 Å². The zero-order valence-electron chi connectivity index (χ0n) is 16.8. The molecule has 1 aliphatic heterocycles. The van der Waals surface area contributed by atoms with Crippen LogP contribution in [0.5, 0.6) is 11.5 Å². The van der Waals surface area contributed by atoms with Gasteiger partial charge in [0.1, 0.15) is 0 Å². The van der Waals surface area contributed by atoms with E-state index in [1.807, 2.05) is 4.90 Å².